The number of hydrogen-bond acceptors (Lipinski definition) is 4. The minimum absolute atomic E-state index is 0.0746. The highest BCUT2D eigenvalue weighted by Crippen LogP contribution is 2.36. The number of amides is 1. The van der Waals surface area contributed by atoms with Gasteiger partial charge in [0, 0.05) is 26.3 Å². The number of rotatable bonds is 7. The summed E-state index contributed by atoms with van der Waals surface area (Å²) in [5.74, 6) is 0.417. The van der Waals surface area contributed by atoms with Crippen LogP contribution in [0.2, 0.25) is 15.1 Å². The van der Waals surface area contributed by atoms with E-state index >= 15 is 0 Å². The van der Waals surface area contributed by atoms with Gasteiger partial charge >= 0.3 is 0 Å². The predicted octanol–water partition coefficient (Wildman–Crippen LogP) is 7.38. The number of nitrogens with one attached hydrogen (secondary N) is 1. The van der Waals surface area contributed by atoms with Crippen LogP contribution < -0.4 is 14.8 Å². The van der Waals surface area contributed by atoms with Crippen molar-refractivity contribution in [3.05, 3.63) is 89.9 Å². The minimum Gasteiger partial charge on any atom is -0.493 e. The number of halogens is 4. The lowest BCUT2D eigenvalue weighted by Crippen LogP contribution is -2.13. The molecular formula is C24H16Cl3IN2O3. The number of methoxy groups -OCH3 is 1. The summed E-state index contributed by atoms with van der Waals surface area (Å²) in [6, 6.07) is 17.3. The molecule has 33 heavy (non-hydrogen) atoms. The zero-order chi connectivity index (χ0) is 24.0. The highest BCUT2D eigenvalue weighted by Gasteiger charge is 2.15. The summed E-state index contributed by atoms with van der Waals surface area (Å²) in [6.45, 7) is 0.211. The van der Waals surface area contributed by atoms with Crippen LogP contribution in [0.4, 0.5) is 5.69 Å². The summed E-state index contributed by atoms with van der Waals surface area (Å²) in [5, 5.41) is 13.7. The molecule has 3 rings (SSSR count). The van der Waals surface area contributed by atoms with E-state index in [1.807, 2.05) is 6.07 Å². The van der Waals surface area contributed by atoms with Crippen molar-refractivity contribution in [3.8, 4) is 17.6 Å². The third-order valence-electron chi connectivity index (χ3n) is 4.40. The largest absolute Gasteiger partial charge is 0.493 e. The average Bonchev–Trinajstić information content (AvgIpc) is 2.77. The number of hydrogen-bond donors (Lipinski definition) is 1. The van der Waals surface area contributed by atoms with Gasteiger partial charge in [-0.2, -0.15) is 5.26 Å². The Kier molecular flexibility index (Phi) is 8.87. The standard InChI is InChI=1S/C24H16Cl3IN2O3/c1-32-22-9-14(7-16(12-29)24(31)30-19-4-2-3-17(25)10-19)8-21(28)23(22)33-13-15-5-6-18(26)11-20(15)27/h2-11H,13H2,1H3,(H,30,31)/b16-7-. The molecule has 0 aliphatic carbocycles. The van der Waals surface area contributed by atoms with E-state index < -0.39 is 5.91 Å². The van der Waals surface area contributed by atoms with Crippen molar-refractivity contribution in [1.29, 1.82) is 5.26 Å². The molecule has 0 fully saturated rings. The van der Waals surface area contributed by atoms with E-state index in [0.717, 1.165) is 9.13 Å². The van der Waals surface area contributed by atoms with Crippen LogP contribution in [0.15, 0.2) is 60.2 Å². The number of ether oxygens (including phenoxy) is 2. The van der Waals surface area contributed by atoms with Crippen molar-refractivity contribution in [2.45, 2.75) is 6.61 Å². The maximum absolute atomic E-state index is 12.6. The number of nitriles is 1. The normalized spacial score (nSPS) is 11.0. The summed E-state index contributed by atoms with van der Waals surface area (Å²) in [6.07, 6.45) is 1.48. The van der Waals surface area contributed by atoms with Crippen LogP contribution in [-0.4, -0.2) is 13.0 Å². The molecule has 3 aromatic carbocycles. The number of carbonyl (C=O) groups excluding carboxylic acids is 1. The second kappa shape index (κ2) is 11.6. The van der Waals surface area contributed by atoms with Crippen molar-refractivity contribution in [2.24, 2.45) is 0 Å². The van der Waals surface area contributed by atoms with Crippen molar-refractivity contribution < 1.29 is 14.3 Å². The molecule has 0 saturated heterocycles. The second-order valence-electron chi connectivity index (χ2n) is 6.69. The third-order valence-corrected chi connectivity index (χ3v) is 6.02. The van der Waals surface area contributed by atoms with E-state index in [2.05, 4.69) is 27.9 Å². The third kappa shape index (κ3) is 6.78. The molecule has 5 nitrogen and oxygen atoms in total. The SMILES string of the molecule is COc1cc(/C=C(/C#N)C(=O)Nc2cccc(Cl)c2)cc(I)c1OCc1ccc(Cl)cc1Cl. The van der Waals surface area contributed by atoms with Gasteiger partial charge in [-0.15, -0.1) is 0 Å². The first-order chi connectivity index (χ1) is 15.8. The summed E-state index contributed by atoms with van der Waals surface area (Å²) >= 11 is 20.2. The lowest BCUT2D eigenvalue weighted by atomic mass is 10.1. The molecule has 0 atom stereocenters. The first-order valence-electron chi connectivity index (χ1n) is 9.43. The first-order valence-corrected chi connectivity index (χ1v) is 11.6. The van der Waals surface area contributed by atoms with Crippen molar-refractivity contribution >= 4 is 75.1 Å². The Hall–Kier alpha value is -2.44. The fraction of sp³-hybridized carbons (Fsp3) is 0.0833. The zero-order valence-electron chi connectivity index (χ0n) is 17.2. The summed E-state index contributed by atoms with van der Waals surface area (Å²) in [7, 11) is 1.51. The Morgan fingerprint density at radius 3 is 2.55 bits per heavy atom. The molecule has 1 N–H and O–H groups in total. The molecule has 0 aliphatic heterocycles. The molecule has 1 amide bonds. The molecule has 0 aromatic heterocycles. The average molecular weight is 614 g/mol. The molecular weight excluding hydrogens is 598 g/mol. The molecule has 0 unspecified atom stereocenters. The molecule has 0 heterocycles. The fourth-order valence-electron chi connectivity index (χ4n) is 2.83. The molecule has 3 aromatic rings. The van der Waals surface area contributed by atoms with Gasteiger partial charge in [0.05, 0.1) is 10.7 Å². The number of carbonyl (C=O) groups is 1. The molecule has 9 heteroatoms. The Morgan fingerprint density at radius 2 is 1.88 bits per heavy atom. The van der Waals surface area contributed by atoms with E-state index in [1.165, 1.54) is 13.2 Å². The molecule has 0 bridgehead atoms. The predicted molar refractivity (Wildman–Crippen MR) is 140 cm³/mol. The quantitative estimate of drug-likeness (QED) is 0.172. The van der Waals surface area contributed by atoms with E-state index in [9.17, 15) is 10.1 Å². The van der Waals surface area contributed by atoms with Crippen LogP contribution >= 0.6 is 57.4 Å². The van der Waals surface area contributed by atoms with Gasteiger partial charge < -0.3 is 14.8 Å². The van der Waals surface area contributed by atoms with Gasteiger partial charge in [0.15, 0.2) is 11.5 Å². The van der Waals surface area contributed by atoms with E-state index in [1.54, 1.807) is 54.6 Å². The lowest BCUT2D eigenvalue weighted by molar-refractivity contribution is -0.112. The van der Waals surface area contributed by atoms with Gasteiger partial charge in [0.25, 0.3) is 5.91 Å². The van der Waals surface area contributed by atoms with Crippen molar-refractivity contribution in [1.82, 2.24) is 0 Å². The molecule has 168 valence electrons. The van der Waals surface area contributed by atoms with E-state index in [0.29, 0.717) is 37.8 Å². The van der Waals surface area contributed by atoms with Crippen molar-refractivity contribution in [2.75, 3.05) is 12.4 Å². The van der Waals surface area contributed by atoms with Crippen molar-refractivity contribution in [3.63, 3.8) is 0 Å². The summed E-state index contributed by atoms with van der Waals surface area (Å²) in [5.41, 5.74) is 1.79. The molecule has 0 aliphatic rings. The van der Waals surface area contributed by atoms with Gasteiger partial charge in [0.1, 0.15) is 18.2 Å². The van der Waals surface area contributed by atoms with Gasteiger partial charge in [-0.3, -0.25) is 4.79 Å². The van der Waals surface area contributed by atoms with Crippen LogP contribution in [0.5, 0.6) is 11.5 Å². The number of anilines is 1. The van der Waals surface area contributed by atoms with E-state index in [4.69, 9.17) is 44.3 Å². The highest BCUT2D eigenvalue weighted by molar-refractivity contribution is 14.1. The van der Waals surface area contributed by atoms with Crippen LogP contribution in [0.1, 0.15) is 11.1 Å². The highest BCUT2D eigenvalue weighted by atomic mass is 127. The minimum atomic E-state index is -0.550. The molecule has 0 saturated carbocycles. The van der Waals surface area contributed by atoms with E-state index in [-0.39, 0.29) is 12.2 Å². The van der Waals surface area contributed by atoms with Crippen LogP contribution in [0.25, 0.3) is 6.08 Å². The second-order valence-corrected chi connectivity index (χ2v) is 9.14. The topological polar surface area (TPSA) is 71.3 Å². The number of benzene rings is 3. The Bertz CT molecular complexity index is 1270. The smallest absolute Gasteiger partial charge is 0.266 e. The monoisotopic (exact) mass is 612 g/mol. The van der Waals surface area contributed by atoms with Gasteiger partial charge in [-0.25, -0.2) is 0 Å². The Morgan fingerprint density at radius 1 is 1.12 bits per heavy atom. The van der Waals surface area contributed by atoms with Crippen LogP contribution in [0, 0.1) is 14.9 Å². The first kappa shape index (κ1) is 25.2. The lowest BCUT2D eigenvalue weighted by Gasteiger charge is -2.14. The maximum atomic E-state index is 12.6. The summed E-state index contributed by atoms with van der Waals surface area (Å²) in [4.78, 5) is 12.6. The van der Waals surface area contributed by atoms with Crippen LogP contribution in [0.3, 0.4) is 0 Å². The zero-order valence-corrected chi connectivity index (χ0v) is 21.6. The fourth-order valence-corrected chi connectivity index (χ4v) is 4.27. The molecule has 0 radical (unpaired) electrons. The Balaban J connectivity index is 1.83. The molecule has 0 spiro atoms. The van der Waals surface area contributed by atoms with Gasteiger partial charge in [-0.05, 0) is 76.7 Å². The maximum Gasteiger partial charge on any atom is 0.266 e. The Labute approximate surface area is 220 Å². The van der Waals surface area contributed by atoms with Gasteiger partial charge in [0.2, 0.25) is 0 Å². The van der Waals surface area contributed by atoms with Crippen LogP contribution in [-0.2, 0) is 11.4 Å². The summed E-state index contributed by atoms with van der Waals surface area (Å²) < 4.78 is 12.2. The number of nitrogens with zero attached hydrogens (tertiary/aromatic N) is 1. The van der Waals surface area contributed by atoms with Gasteiger partial charge in [-0.1, -0.05) is 46.9 Å².